The second kappa shape index (κ2) is 11.4. The number of carbonyl (C=O) groups excluding carboxylic acids is 1. The zero-order chi connectivity index (χ0) is 24.7. The molecule has 0 unspecified atom stereocenters. The molecule has 0 fully saturated rings. The normalized spacial score (nSPS) is 11.2. The van der Waals surface area contributed by atoms with Crippen molar-refractivity contribution in [1.29, 1.82) is 0 Å². The molecule has 0 aliphatic carbocycles. The Morgan fingerprint density at radius 1 is 0.941 bits per heavy atom. The van der Waals surface area contributed by atoms with Crippen LogP contribution in [-0.2, 0) is 21.2 Å². The highest BCUT2D eigenvalue weighted by molar-refractivity contribution is 7.99. The van der Waals surface area contributed by atoms with E-state index in [9.17, 15) is 13.2 Å². The van der Waals surface area contributed by atoms with Crippen LogP contribution in [0.2, 0.25) is 0 Å². The highest BCUT2D eigenvalue weighted by atomic mass is 32.2. The summed E-state index contributed by atoms with van der Waals surface area (Å²) >= 11 is 1.66. The maximum Gasteiger partial charge on any atom is 0.264 e. The number of sulfonamides is 1. The number of methoxy groups -OCH3 is 2. The van der Waals surface area contributed by atoms with Gasteiger partial charge in [0.05, 0.1) is 24.8 Å². The average molecular weight is 500 g/mol. The predicted octanol–water partition coefficient (Wildman–Crippen LogP) is 5.13. The summed E-state index contributed by atoms with van der Waals surface area (Å²) in [7, 11) is 0.633. The maximum absolute atomic E-state index is 13.2. The van der Waals surface area contributed by atoms with E-state index in [1.165, 1.54) is 39.0 Å². The lowest BCUT2D eigenvalue weighted by Crippen LogP contribution is -2.27. The SMILES string of the molecule is COc1ccc(OC)c(N(C)S(=O)(=O)c2ccc(CC(=O)CCSc3ccc(C)cc3)cc2)c1. The minimum atomic E-state index is -3.83. The number of Topliss-reactive ketones (excluding diaryl/α,β-unsaturated/α-hetero) is 1. The number of ketones is 1. The van der Waals surface area contributed by atoms with Crippen molar-refractivity contribution in [1.82, 2.24) is 0 Å². The van der Waals surface area contributed by atoms with Gasteiger partial charge in [0.15, 0.2) is 0 Å². The van der Waals surface area contributed by atoms with E-state index in [-0.39, 0.29) is 17.1 Å². The topological polar surface area (TPSA) is 72.9 Å². The van der Waals surface area contributed by atoms with Crippen LogP contribution >= 0.6 is 11.8 Å². The highest BCUT2D eigenvalue weighted by Crippen LogP contribution is 2.34. The molecule has 3 aromatic rings. The molecule has 6 nitrogen and oxygen atoms in total. The number of hydrogen-bond donors (Lipinski definition) is 0. The first-order valence-corrected chi connectivity index (χ1v) is 13.2. The third-order valence-electron chi connectivity index (χ3n) is 5.38. The Balaban J connectivity index is 1.63. The Labute approximate surface area is 205 Å². The van der Waals surface area contributed by atoms with Crippen LogP contribution in [0.5, 0.6) is 11.5 Å². The molecule has 0 amide bonds. The fourth-order valence-corrected chi connectivity index (χ4v) is 5.43. The number of rotatable bonds is 11. The van der Waals surface area contributed by atoms with Crippen molar-refractivity contribution >= 4 is 33.3 Å². The molecule has 0 saturated carbocycles. The van der Waals surface area contributed by atoms with Gasteiger partial charge in [-0.2, -0.15) is 0 Å². The number of anilines is 1. The third-order valence-corrected chi connectivity index (χ3v) is 8.18. The molecular weight excluding hydrogens is 470 g/mol. The van der Waals surface area contributed by atoms with Gasteiger partial charge in [0.25, 0.3) is 10.0 Å². The summed E-state index contributed by atoms with van der Waals surface area (Å²) < 4.78 is 38.1. The van der Waals surface area contributed by atoms with Crippen LogP contribution in [0.15, 0.2) is 76.5 Å². The Kier molecular flexibility index (Phi) is 8.63. The van der Waals surface area contributed by atoms with Gasteiger partial charge in [0.1, 0.15) is 17.3 Å². The van der Waals surface area contributed by atoms with Gasteiger partial charge in [-0.1, -0.05) is 29.8 Å². The van der Waals surface area contributed by atoms with Crippen LogP contribution in [0, 0.1) is 6.92 Å². The van der Waals surface area contributed by atoms with Crippen LogP contribution in [0.1, 0.15) is 17.5 Å². The Morgan fingerprint density at radius 2 is 1.62 bits per heavy atom. The van der Waals surface area contributed by atoms with Gasteiger partial charge in [0.2, 0.25) is 0 Å². The zero-order valence-corrected chi connectivity index (χ0v) is 21.4. The number of thioether (sulfide) groups is 1. The van der Waals surface area contributed by atoms with Gasteiger partial charge in [-0.25, -0.2) is 8.42 Å². The average Bonchev–Trinajstić information content (AvgIpc) is 2.84. The molecule has 0 bridgehead atoms. The molecule has 0 radical (unpaired) electrons. The van der Waals surface area contributed by atoms with Crippen molar-refractivity contribution < 1.29 is 22.7 Å². The molecule has 0 saturated heterocycles. The molecule has 34 heavy (non-hydrogen) atoms. The first-order chi connectivity index (χ1) is 16.2. The van der Waals surface area contributed by atoms with E-state index in [0.717, 1.165) is 14.8 Å². The van der Waals surface area contributed by atoms with Crippen LogP contribution in [0.4, 0.5) is 5.69 Å². The van der Waals surface area contributed by atoms with Gasteiger partial charge in [-0.05, 0) is 48.9 Å². The van der Waals surface area contributed by atoms with Gasteiger partial charge in [0, 0.05) is 36.6 Å². The number of ether oxygens (including phenoxy) is 2. The summed E-state index contributed by atoms with van der Waals surface area (Å²) in [5.74, 6) is 1.76. The molecule has 3 aromatic carbocycles. The zero-order valence-electron chi connectivity index (χ0n) is 19.8. The van der Waals surface area contributed by atoms with Gasteiger partial charge < -0.3 is 9.47 Å². The highest BCUT2D eigenvalue weighted by Gasteiger charge is 2.24. The number of hydrogen-bond acceptors (Lipinski definition) is 6. The van der Waals surface area contributed by atoms with Gasteiger partial charge in [-0.3, -0.25) is 9.10 Å². The molecule has 0 aliphatic heterocycles. The number of aryl methyl sites for hydroxylation is 1. The van der Waals surface area contributed by atoms with Gasteiger partial charge >= 0.3 is 0 Å². The van der Waals surface area contributed by atoms with E-state index in [1.807, 2.05) is 6.92 Å². The molecular formula is C26H29NO5S2. The molecule has 180 valence electrons. The van der Waals surface area contributed by atoms with Gasteiger partial charge in [-0.15, -0.1) is 11.8 Å². The van der Waals surface area contributed by atoms with Crippen molar-refractivity contribution in [2.45, 2.75) is 29.6 Å². The maximum atomic E-state index is 13.2. The first kappa shape index (κ1) is 25.6. The van der Waals surface area contributed by atoms with Crippen molar-refractivity contribution in [2.75, 3.05) is 31.3 Å². The lowest BCUT2D eigenvalue weighted by Gasteiger charge is -2.22. The Morgan fingerprint density at radius 3 is 2.24 bits per heavy atom. The second-order valence-corrected chi connectivity index (χ2v) is 10.9. The summed E-state index contributed by atoms with van der Waals surface area (Å²) in [6, 6.07) is 19.6. The lowest BCUT2D eigenvalue weighted by atomic mass is 10.1. The van der Waals surface area contributed by atoms with E-state index in [0.29, 0.717) is 29.4 Å². The molecule has 0 N–H and O–H groups in total. The Bertz CT molecular complexity index is 1220. The molecule has 8 heteroatoms. The third kappa shape index (κ3) is 6.33. The number of nitrogens with zero attached hydrogens (tertiary/aromatic N) is 1. The molecule has 0 heterocycles. The standard InChI is InChI=1S/C26H29NO5S2/c1-19-5-10-23(11-6-19)33-16-15-21(28)17-20-7-12-24(13-8-20)34(29,30)27(2)25-18-22(31-3)9-14-26(25)32-4/h5-14,18H,15-17H2,1-4H3. The minimum Gasteiger partial charge on any atom is -0.497 e. The van der Waals surface area contributed by atoms with Crippen LogP contribution < -0.4 is 13.8 Å². The molecule has 0 aromatic heterocycles. The first-order valence-electron chi connectivity index (χ1n) is 10.8. The van der Waals surface area contributed by atoms with Crippen molar-refractivity contribution in [3.8, 4) is 11.5 Å². The van der Waals surface area contributed by atoms with E-state index < -0.39 is 10.0 Å². The Hall–Kier alpha value is -2.97. The van der Waals surface area contributed by atoms with Crippen molar-refractivity contribution in [3.05, 3.63) is 77.9 Å². The molecule has 0 spiro atoms. The quantitative estimate of drug-likeness (QED) is 0.341. The summed E-state index contributed by atoms with van der Waals surface area (Å²) in [4.78, 5) is 13.7. The van der Waals surface area contributed by atoms with Crippen LogP contribution in [-0.4, -0.2) is 41.2 Å². The van der Waals surface area contributed by atoms with Crippen molar-refractivity contribution in [2.24, 2.45) is 0 Å². The van der Waals surface area contributed by atoms with E-state index in [1.54, 1.807) is 42.1 Å². The number of benzene rings is 3. The largest absolute Gasteiger partial charge is 0.497 e. The van der Waals surface area contributed by atoms with E-state index in [2.05, 4.69) is 24.3 Å². The lowest BCUT2D eigenvalue weighted by molar-refractivity contribution is -0.118. The van der Waals surface area contributed by atoms with Crippen LogP contribution in [0.3, 0.4) is 0 Å². The summed E-state index contributed by atoms with van der Waals surface area (Å²) in [6.07, 6.45) is 0.727. The fourth-order valence-electron chi connectivity index (χ4n) is 3.34. The van der Waals surface area contributed by atoms with Crippen molar-refractivity contribution in [3.63, 3.8) is 0 Å². The second-order valence-electron chi connectivity index (χ2n) is 7.78. The smallest absolute Gasteiger partial charge is 0.264 e. The molecule has 0 atom stereocenters. The van der Waals surface area contributed by atoms with Crippen LogP contribution in [0.25, 0.3) is 0 Å². The summed E-state index contributed by atoms with van der Waals surface area (Å²) in [6.45, 7) is 2.04. The fraction of sp³-hybridized carbons (Fsp3) is 0.269. The van der Waals surface area contributed by atoms with E-state index >= 15 is 0 Å². The number of carbonyl (C=O) groups is 1. The minimum absolute atomic E-state index is 0.119. The summed E-state index contributed by atoms with van der Waals surface area (Å²) in [5, 5.41) is 0. The predicted molar refractivity (Wildman–Crippen MR) is 137 cm³/mol. The molecule has 3 rings (SSSR count). The van der Waals surface area contributed by atoms with E-state index in [4.69, 9.17) is 9.47 Å². The monoisotopic (exact) mass is 499 g/mol. The summed E-state index contributed by atoms with van der Waals surface area (Å²) in [5.41, 5.74) is 2.36. The molecule has 0 aliphatic rings.